The zero-order valence-corrected chi connectivity index (χ0v) is 8.68. The molecule has 1 aliphatic carbocycles. The molecule has 0 bridgehead atoms. The van der Waals surface area contributed by atoms with Crippen LogP contribution < -0.4 is 0 Å². The van der Waals surface area contributed by atoms with Crippen molar-refractivity contribution in [3.8, 4) is 0 Å². The first-order chi connectivity index (χ1) is 5.99. The molecule has 0 aliphatic heterocycles. The van der Waals surface area contributed by atoms with Crippen LogP contribution in [0.2, 0.25) is 0 Å². The van der Waals surface area contributed by atoms with E-state index in [1.54, 1.807) is 0 Å². The molecule has 0 heterocycles. The standard InChI is InChI=1S/C11H18O2/c1-8-9(5-7-12)11(2,3)6-4-10(8)13/h12H,4-7H2,1-3H3. The monoisotopic (exact) mass is 182 g/mol. The van der Waals surface area contributed by atoms with Crippen LogP contribution >= 0.6 is 0 Å². The fourth-order valence-electron chi connectivity index (χ4n) is 2.08. The van der Waals surface area contributed by atoms with E-state index in [4.69, 9.17) is 5.11 Å². The van der Waals surface area contributed by atoms with E-state index in [-0.39, 0.29) is 17.8 Å². The lowest BCUT2D eigenvalue weighted by Gasteiger charge is -2.33. The average Bonchev–Trinajstić information content (AvgIpc) is 2.07. The molecule has 0 spiro atoms. The van der Waals surface area contributed by atoms with Crippen LogP contribution in [-0.2, 0) is 4.79 Å². The van der Waals surface area contributed by atoms with Crippen LogP contribution in [0, 0.1) is 5.41 Å². The molecule has 0 aromatic rings. The Hall–Kier alpha value is -0.630. The summed E-state index contributed by atoms with van der Waals surface area (Å²) in [5, 5.41) is 8.91. The van der Waals surface area contributed by atoms with Crippen molar-refractivity contribution in [3.63, 3.8) is 0 Å². The summed E-state index contributed by atoms with van der Waals surface area (Å²) in [4.78, 5) is 11.4. The van der Waals surface area contributed by atoms with Crippen molar-refractivity contribution >= 4 is 5.78 Å². The Labute approximate surface area is 79.6 Å². The Morgan fingerprint density at radius 2 is 2.08 bits per heavy atom. The van der Waals surface area contributed by atoms with E-state index in [1.165, 1.54) is 0 Å². The van der Waals surface area contributed by atoms with Crippen LogP contribution in [0.15, 0.2) is 11.1 Å². The van der Waals surface area contributed by atoms with E-state index in [0.717, 1.165) is 17.6 Å². The van der Waals surface area contributed by atoms with Gasteiger partial charge in [0.05, 0.1) is 0 Å². The predicted octanol–water partition coefficient (Wildman–Crippen LogP) is 2.07. The molecule has 0 amide bonds. The molecule has 0 unspecified atom stereocenters. The summed E-state index contributed by atoms with van der Waals surface area (Å²) >= 11 is 0. The summed E-state index contributed by atoms with van der Waals surface area (Å²) < 4.78 is 0. The Balaban J connectivity index is 3.02. The lowest BCUT2D eigenvalue weighted by atomic mass is 9.71. The van der Waals surface area contributed by atoms with Gasteiger partial charge in [0, 0.05) is 13.0 Å². The molecule has 13 heavy (non-hydrogen) atoms. The van der Waals surface area contributed by atoms with Crippen LogP contribution in [0.1, 0.15) is 40.0 Å². The fourth-order valence-corrected chi connectivity index (χ4v) is 2.08. The summed E-state index contributed by atoms with van der Waals surface area (Å²) in [6.45, 7) is 6.32. The van der Waals surface area contributed by atoms with Gasteiger partial charge in [0.2, 0.25) is 0 Å². The molecule has 0 fully saturated rings. The number of carbonyl (C=O) groups excluding carboxylic acids is 1. The van der Waals surface area contributed by atoms with Crippen molar-refractivity contribution in [1.29, 1.82) is 0 Å². The number of Topliss-reactive ketones (excluding diaryl/α,β-unsaturated/α-hetero) is 1. The normalized spacial score (nSPS) is 22.3. The van der Waals surface area contributed by atoms with Gasteiger partial charge in [-0.15, -0.1) is 0 Å². The molecule has 1 aliphatic rings. The molecule has 74 valence electrons. The van der Waals surface area contributed by atoms with Crippen LogP contribution in [0.25, 0.3) is 0 Å². The van der Waals surface area contributed by atoms with E-state index >= 15 is 0 Å². The van der Waals surface area contributed by atoms with Gasteiger partial charge in [0.15, 0.2) is 5.78 Å². The number of hydrogen-bond acceptors (Lipinski definition) is 2. The Morgan fingerprint density at radius 3 is 2.62 bits per heavy atom. The highest BCUT2D eigenvalue weighted by atomic mass is 16.3. The smallest absolute Gasteiger partial charge is 0.158 e. The predicted molar refractivity (Wildman–Crippen MR) is 52.4 cm³/mol. The van der Waals surface area contributed by atoms with Gasteiger partial charge in [-0.2, -0.15) is 0 Å². The molecular formula is C11H18O2. The molecular weight excluding hydrogens is 164 g/mol. The number of ketones is 1. The first-order valence-electron chi connectivity index (χ1n) is 4.83. The summed E-state index contributed by atoms with van der Waals surface area (Å²) in [6, 6.07) is 0. The quantitative estimate of drug-likeness (QED) is 0.710. The lowest BCUT2D eigenvalue weighted by molar-refractivity contribution is -0.116. The molecule has 2 heteroatoms. The van der Waals surface area contributed by atoms with Gasteiger partial charge >= 0.3 is 0 Å². The van der Waals surface area contributed by atoms with Crippen LogP contribution in [0.5, 0.6) is 0 Å². The third kappa shape index (κ3) is 1.99. The summed E-state index contributed by atoms with van der Waals surface area (Å²) in [6.07, 6.45) is 2.22. The zero-order chi connectivity index (χ0) is 10.1. The molecule has 0 radical (unpaired) electrons. The van der Waals surface area contributed by atoms with E-state index in [2.05, 4.69) is 13.8 Å². The topological polar surface area (TPSA) is 37.3 Å². The Kier molecular flexibility index (Phi) is 2.91. The molecule has 0 aromatic heterocycles. The molecule has 2 nitrogen and oxygen atoms in total. The Bertz CT molecular complexity index is 249. The van der Waals surface area contributed by atoms with Crippen molar-refractivity contribution in [2.24, 2.45) is 5.41 Å². The minimum atomic E-state index is 0.0979. The van der Waals surface area contributed by atoms with E-state index in [9.17, 15) is 4.79 Å². The first-order valence-corrected chi connectivity index (χ1v) is 4.83. The van der Waals surface area contributed by atoms with Gasteiger partial charge in [0.25, 0.3) is 0 Å². The Morgan fingerprint density at radius 1 is 1.46 bits per heavy atom. The molecule has 0 aromatic carbocycles. The van der Waals surface area contributed by atoms with Crippen LogP contribution in [-0.4, -0.2) is 17.5 Å². The molecule has 0 saturated carbocycles. The van der Waals surface area contributed by atoms with Gasteiger partial charge in [0.1, 0.15) is 0 Å². The molecule has 0 saturated heterocycles. The molecule has 1 rings (SSSR count). The van der Waals surface area contributed by atoms with Gasteiger partial charge in [-0.3, -0.25) is 4.79 Å². The average molecular weight is 182 g/mol. The van der Waals surface area contributed by atoms with E-state index < -0.39 is 0 Å². The fraction of sp³-hybridized carbons (Fsp3) is 0.727. The highest BCUT2D eigenvalue weighted by Crippen LogP contribution is 2.40. The SMILES string of the molecule is CC1=C(CCO)C(C)(C)CCC1=O. The van der Waals surface area contributed by atoms with Crippen molar-refractivity contribution < 1.29 is 9.90 Å². The zero-order valence-electron chi connectivity index (χ0n) is 8.68. The van der Waals surface area contributed by atoms with Crippen molar-refractivity contribution in [2.75, 3.05) is 6.61 Å². The maximum Gasteiger partial charge on any atom is 0.158 e. The minimum absolute atomic E-state index is 0.0979. The van der Waals surface area contributed by atoms with Crippen molar-refractivity contribution in [1.82, 2.24) is 0 Å². The second-order valence-corrected chi connectivity index (χ2v) is 4.38. The number of carbonyl (C=O) groups is 1. The number of hydrogen-bond donors (Lipinski definition) is 1. The van der Waals surface area contributed by atoms with Crippen LogP contribution in [0.3, 0.4) is 0 Å². The third-order valence-corrected chi connectivity index (χ3v) is 3.03. The highest BCUT2D eigenvalue weighted by molar-refractivity contribution is 5.96. The number of aliphatic hydroxyl groups is 1. The van der Waals surface area contributed by atoms with Crippen LogP contribution in [0.4, 0.5) is 0 Å². The maximum atomic E-state index is 11.4. The van der Waals surface area contributed by atoms with E-state index in [0.29, 0.717) is 12.8 Å². The van der Waals surface area contributed by atoms with Gasteiger partial charge in [-0.25, -0.2) is 0 Å². The van der Waals surface area contributed by atoms with Gasteiger partial charge in [-0.05, 0) is 30.8 Å². The summed E-state index contributed by atoms with van der Waals surface area (Å²) in [5.74, 6) is 0.253. The largest absolute Gasteiger partial charge is 0.396 e. The van der Waals surface area contributed by atoms with E-state index in [1.807, 2.05) is 6.92 Å². The molecule has 0 atom stereocenters. The third-order valence-electron chi connectivity index (χ3n) is 3.03. The number of aliphatic hydroxyl groups excluding tert-OH is 1. The summed E-state index contributed by atoms with van der Waals surface area (Å²) in [7, 11) is 0. The number of rotatable bonds is 2. The van der Waals surface area contributed by atoms with Gasteiger partial charge < -0.3 is 5.11 Å². The highest BCUT2D eigenvalue weighted by Gasteiger charge is 2.31. The summed E-state index contributed by atoms with van der Waals surface area (Å²) in [5.41, 5.74) is 2.12. The second-order valence-electron chi connectivity index (χ2n) is 4.38. The second kappa shape index (κ2) is 3.62. The lowest BCUT2D eigenvalue weighted by Crippen LogP contribution is -2.25. The van der Waals surface area contributed by atoms with Crippen molar-refractivity contribution in [3.05, 3.63) is 11.1 Å². The molecule has 1 N–H and O–H groups in total. The minimum Gasteiger partial charge on any atom is -0.396 e. The maximum absolute atomic E-state index is 11.4. The first kappa shape index (κ1) is 10.5. The van der Waals surface area contributed by atoms with Crippen molar-refractivity contribution in [2.45, 2.75) is 40.0 Å². The number of allylic oxidation sites excluding steroid dienone is 1. The van der Waals surface area contributed by atoms with Gasteiger partial charge in [-0.1, -0.05) is 19.4 Å².